The molecule has 0 fully saturated rings. The van der Waals surface area contributed by atoms with Crippen LogP contribution >= 0.6 is 0 Å². The molecule has 2 N–H and O–H groups in total. The predicted molar refractivity (Wildman–Crippen MR) is 72.3 cm³/mol. The highest BCUT2D eigenvalue weighted by molar-refractivity contribution is 5.49. The van der Waals surface area contributed by atoms with E-state index in [0.29, 0.717) is 23.2 Å². The topological polar surface area (TPSA) is 75.2 Å². The summed E-state index contributed by atoms with van der Waals surface area (Å²) in [7, 11) is 1.82. The number of nitrogens with two attached hydrogens (primary N) is 1. The molecule has 2 heterocycles. The summed E-state index contributed by atoms with van der Waals surface area (Å²) in [5, 5.41) is 4.02. The van der Waals surface area contributed by atoms with E-state index in [4.69, 9.17) is 15.2 Å². The van der Waals surface area contributed by atoms with Crippen molar-refractivity contribution >= 4 is 5.69 Å². The van der Waals surface area contributed by atoms with Gasteiger partial charge in [0.15, 0.2) is 5.75 Å². The van der Waals surface area contributed by atoms with Crippen LogP contribution in [0.15, 0.2) is 24.5 Å². The van der Waals surface area contributed by atoms with Gasteiger partial charge in [0.1, 0.15) is 5.60 Å². The van der Waals surface area contributed by atoms with Crippen molar-refractivity contribution in [2.24, 2.45) is 7.05 Å². The van der Waals surface area contributed by atoms with E-state index in [9.17, 15) is 0 Å². The number of aryl methyl sites for hydroxylation is 1. The molecule has 19 heavy (non-hydrogen) atoms. The molecule has 0 aliphatic carbocycles. The van der Waals surface area contributed by atoms with Crippen molar-refractivity contribution in [2.45, 2.75) is 26.4 Å². The largest absolute Gasteiger partial charge is 0.470 e. The van der Waals surface area contributed by atoms with Crippen molar-refractivity contribution in [1.82, 2.24) is 14.8 Å². The highest BCUT2D eigenvalue weighted by atomic mass is 16.5. The number of nitrogens with zero attached hydrogens (tertiary/aromatic N) is 3. The Hall–Kier alpha value is -2.24. The van der Waals surface area contributed by atoms with E-state index in [2.05, 4.69) is 10.1 Å². The van der Waals surface area contributed by atoms with Crippen LogP contribution in [0.3, 0.4) is 0 Å². The number of anilines is 1. The number of rotatable bonds is 3. The molecule has 2 aromatic rings. The maximum absolute atomic E-state index is 5.83. The van der Waals surface area contributed by atoms with Crippen molar-refractivity contribution in [3.63, 3.8) is 0 Å². The fourth-order valence-electron chi connectivity index (χ4n) is 1.44. The molecular weight excluding hydrogens is 244 g/mol. The van der Waals surface area contributed by atoms with Crippen LogP contribution in [-0.2, 0) is 7.05 Å². The first kappa shape index (κ1) is 13.2. The summed E-state index contributed by atoms with van der Waals surface area (Å²) >= 11 is 0. The first-order chi connectivity index (χ1) is 8.83. The third kappa shape index (κ3) is 3.61. The molecule has 0 amide bonds. The summed E-state index contributed by atoms with van der Waals surface area (Å²) in [6.45, 7) is 5.80. The van der Waals surface area contributed by atoms with Crippen molar-refractivity contribution in [3.05, 3.63) is 24.5 Å². The number of pyridine rings is 1. The monoisotopic (exact) mass is 262 g/mol. The summed E-state index contributed by atoms with van der Waals surface area (Å²) in [5.74, 6) is 1.40. The van der Waals surface area contributed by atoms with Crippen molar-refractivity contribution in [1.29, 1.82) is 0 Å². The Bertz CT molecular complexity index is 572. The Morgan fingerprint density at radius 2 is 2.00 bits per heavy atom. The minimum absolute atomic E-state index is 0.367. The molecule has 0 spiro atoms. The van der Waals surface area contributed by atoms with Gasteiger partial charge < -0.3 is 15.2 Å². The van der Waals surface area contributed by atoms with Gasteiger partial charge in [-0.1, -0.05) is 0 Å². The molecule has 0 aromatic carbocycles. The standard InChI is InChI=1S/C13H18N4O2/c1-13(2,3)19-12-10(14)5-6-11(16-12)18-9-7-15-17(4)8-9/h5-8H,14H2,1-4H3. The van der Waals surface area contributed by atoms with E-state index < -0.39 is 0 Å². The van der Waals surface area contributed by atoms with E-state index in [1.165, 1.54) is 0 Å². The van der Waals surface area contributed by atoms with Gasteiger partial charge in [0, 0.05) is 13.1 Å². The van der Waals surface area contributed by atoms with Gasteiger partial charge in [-0.15, -0.1) is 0 Å². The van der Waals surface area contributed by atoms with E-state index in [1.54, 1.807) is 29.2 Å². The van der Waals surface area contributed by atoms with Gasteiger partial charge in [0.25, 0.3) is 0 Å². The SMILES string of the molecule is Cn1cc(Oc2ccc(N)c(OC(C)(C)C)n2)cn1. The first-order valence-electron chi connectivity index (χ1n) is 5.95. The van der Waals surface area contributed by atoms with Crippen LogP contribution in [0.2, 0.25) is 0 Å². The molecule has 2 rings (SSSR count). The zero-order valence-electron chi connectivity index (χ0n) is 11.5. The summed E-state index contributed by atoms with van der Waals surface area (Å²) in [5.41, 5.74) is 5.95. The third-order valence-corrected chi connectivity index (χ3v) is 2.17. The van der Waals surface area contributed by atoms with Crippen molar-refractivity contribution < 1.29 is 9.47 Å². The van der Waals surface area contributed by atoms with Gasteiger partial charge in [-0.05, 0) is 26.8 Å². The molecule has 0 unspecified atom stereocenters. The zero-order valence-corrected chi connectivity index (χ0v) is 11.5. The lowest BCUT2D eigenvalue weighted by Gasteiger charge is -2.21. The van der Waals surface area contributed by atoms with Gasteiger partial charge in [-0.3, -0.25) is 4.68 Å². The number of hydrogen-bond acceptors (Lipinski definition) is 5. The second-order valence-electron chi connectivity index (χ2n) is 5.21. The maximum atomic E-state index is 5.83. The second-order valence-corrected chi connectivity index (χ2v) is 5.21. The van der Waals surface area contributed by atoms with E-state index in [0.717, 1.165) is 0 Å². The Kier molecular flexibility index (Phi) is 3.33. The van der Waals surface area contributed by atoms with Crippen LogP contribution in [0.4, 0.5) is 5.69 Å². The lowest BCUT2D eigenvalue weighted by atomic mass is 10.2. The van der Waals surface area contributed by atoms with Crippen LogP contribution in [0, 0.1) is 0 Å². The summed E-state index contributed by atoms with van der Waals surface area (Å²) in [6.07, 6.45) is 3.37. The van der Waals surface area contributed by atoms with Gasteiger partial charge in [-0.2, -0.15) is 10.1 Å². The van der Waals surface area contributed by atoms with Crippen molar-refractivity contribution in [3.8, 4) is 17.5 Å². The Balaban J connectivity index is 2.21. The third-order valence-electron chi connectivity index (χ3n) is 2.17. The maximum Gasteiger partial charge on any atom is 0.241 e. The lowest BCUT2D eigenvalue weighted by molar-refractivity contribution is 0.124. The highest BCUT2D eigenvalue weighted by Crippen LogP contribution is 2.28. The molecule has 0 aliphatic heterocycles. The Morgan fingerprint density at radius 1 is 1.26 bits per heavy atom. The van der Waals surface area contributed by atoms with Crippen LogP contribution in [0.5, 0.6) is 17.5 Å². The summed E-state index contributed by atoms with van der Waals surface area (Å²) in [6, 6.07) is 3.40. The molecule has 0 saturated carbocycles. The van der Waals surface area contributed by atoms with E-state index >= 15 is 0 Å². The molecule has 6 heteroatoms. The molecule has 0 saturated heterocycles. The number of ether oxygens (including phenoxy) is 2. The fraction of sp³-hybridized carbons (Fsp3) is 0.385. The van der Waals surface area contributed by atoms with Gasteiger partial charge >= 0.3 is 0 Å². The molecule has 2 aromatic heterocycles. The van der Waals surface area contributed by atoms with Gasteiger partial charge in [-0.25, -0.2) is 0 Å². The quantitative estimate of drug-likeness (QED) is 0.919. The molecular formula is C13H18N4O2. The Morgan fingerprint density at radius 3 is 2.58 bits per heavy atom. The van der Waals surface area contributed by atoms with Crippen molar-refractivity contribution in [2.75, 3.05) is 5.73 Å². The van der Waals surface area contributed by atoms with Crippen LogP contribution in [0.25, 0.3) is 0 Å². The van der Waals surface area contributed by atoms with Gasteiger partial charge in [0.05, 0.1) is 18.1 Å². The Labute approximate surface area is 112 Å². The first-order valence-corrected chi connectivity index (χ1v) is 5.95. The lowest BCUT2D eigenvalue weighted by Crippen LogP contribution is -2.24. The highest BCUT2D eigenvalue weighted by Gasteiger charge is 2.16. The minimum Gasteiger partial charge on any atom is -0.470 e. The molecule has 6 nitrogen and oxygen atoms in total. The second kappa shape index (κ2) is 4.79. The number of aromatic nitrogens is 3. The summed E-state index contributed by atoms with van der Waals surface area (Å²) in [4.78, 5) is 4.26. The molecule has 0 atom stereocenters. The van der Waals surface area contributed by atoms with Gasteiger partial charge in [0.2, 0.25) is 11.8 Å². The van der Waals surface area contributed by atoms with E-state index in [1.807, 2.05) is 27.8 Å². The fourth-order valence-corrected chi connectivity index (χ4v) is 1.44. The molecule has 0 radical (unpaired) electrons. The molecule has 0 aliphatic rings. The molecule has 0 bridgehead atoms. The van der Waals surface area contributed by atoms with Crippen LogP contribution in [-0.4, -0.2) is 20.4 Å². The molecule has 102 valence electrons. The predicted octanol–water partition coefficient (Wildman–Crippen LogP) is 2.37. The van der Waals surface area contributed by atoms with Crippen LogP contribution in [0.1, 0.15) is 20.8 Å². The van der Waals surface area contributed by atoms with E-state index in [-0.39, 0.29) is 5.60 Å². The van der Waals surface area contributed by atoms with Crippen LogP contribution < -0.4 is 15.2 Å². The average molecular weight is 262 g/mol. The zero-order chi connectivity index (χ0) is 14.0. The normalized spacial score (nSPS) is 11.4. The average Bonchev–Trinajstić information content (AvgIpc) is 2.67. The summed E-state index contributed by atoms with van der Waals surface area (Å²) < 4.78 is 12.9. The number of hydrogen-bond donors (Lipinski definition) is 1. The minimum atomic E-state index is -0.367. The number of nitrogen functional groups attached to an aromatic ring is 1. The smallest absolute Gasteiger partial charge is 0.241 e.